The van der Waals surface area contributed by atoms with Gasteiger partial charge >= 0.3 is 5.97 Å². The lowest BCUT2D eigenvalue weighted by Gasteiger charge is -2.15. The number of esters is 1. The second kappa shape index (κ2) is 8.22. The van der Waals surface area contributed by atoms with E-state index in [0.717, 1.165) is 29.4 Å². The molecule has 0 aliphatic carbocycles. The summed E-state index contributed by atoms with van der Waals surface area (Å²) in [7, 11) is 1.99. The number of benzene rings is 2. The van der Waals surface area contributed by atoms with Gasteiger partial charge in [-0.1, -0.05) is 41.9 Å². The fourth-order valence-electron chi connectivity index (χ4n) is 3.95. The van der Waals surface area contributed by atoms with Crippen LogP contribution in [0.2, 0.25) is 5.02 Å². The number of rotatable bonds is 4. The molecule has 2 aromatic heterocycles. The standard InChI is InChI=1S/C23H21ClN6O2/c1-30-8-7-16(12-30)32-23(31)21-22(25)28-19(13-5-3-2-4-6-13)20(27-21)14-9-15-11-26-29-18(15)17(24)10-14/h2-6,9-11,16H,7-8,12H2,1H3,(H2,25,28)(H,26,29). The minimum atomic E-state index is -0.577. The molecule has 0 radical (unpaired) electrons. The van der Waals surface area contributed by atoms with Crippen molar-refractivity contribution in [2.75, 3.05) is 25.9 Å². The molecule has 1 aliphatic rings. The van der Waals surface area contributed by atoms with Crippen LogP contribution in [0.25, 0.3) is 33.4 Å². The maximum absolute atomic E-state index is 12.9. The van der Waals surface area contributed by atoms with Gasteiger partial charge in [0, 0.05) is 29.6 Å². The number of carbonyl (C=O) groups excluding carboxylic acids is 1. The van der Waals surface area contributed by atoms with E-state index in [1.807, 2.05) is 43.4 Å². The van der Waals surface area contributed by atoms with Crippen molar-refractivity contribution in [3.05, 3.63) is 59.4 Å². The number of likely N-dealkylation sites (tertiary alicyclic amines) is 1. The van der Waals surface area contributed by atoms with Crippen LogP contribution in [0.4, 0.5) is 5.82 Å². The second-order valence-electron chi connectivity index (χ2n) is 7.89. The molecule has 4 aromatic rings. The van der Waals surface area contributed by atoms with Crippen LogP contribution in [0.15, 0.2) is 48.7 Å². The summed E-state index contributed by atoms with van der Waals surface area (Å²) < 4.78 is 5.66. The molecular weight excluding hydrogens is 428 g/mol. The summed E-state index contributed by atoms with van der Waals surface area (Å²) in [6, 6.07) is 13.2. The lowest BCUT2D eigenvalue weighted by molar-refractivity contribution is 0.0321. The van der Waals surface area contributed by atoms with Gasteiger partial charge in [0.15, 0.2) is 11.5 Å². The molecule has 9 heteroatoms. The van der Waals surface area contributed by atoms with Gasteiger partial charge in [-0.3, -0.25) is 5.10 Å². The molecule has 32 heavy (non-hydrogen) atoms. The lowest BCUT2D eigenvalue weighted by atomic mass is 10.0. The SMILES string of the molecule is CN1CCC(OC(=O)c2nc(-c3cc(Cl)c4[nH]ncc4c3)c(-c3ccccc3)nc2N)C1. The number of nitrogens with zero attached hydrogens (tertiary/aromatic N) is 4. The average molecular weight is 449 g/mol. The molecule has 1 saturated heterocycles. The zero-order valence-corrected chi connectivity index (χ0v) is 18.1. The van der Waals surface area contributed by atoms with Crippen molar-refractivity contribution in [2.24, 2.45) is 0 Å². The molecule has 1 unspecified atom stereocenters. The number of halogens is 1. The molecule has 1 aliphatic heterocycles. The first-order valence-electron chi connectivity index (χ1n) is 10.2. The summed E-state index contributed by atoms with van der Waals surface area (Å²) in [5.41, 5.74) is 9.48. The number of aromatic nitrogens is 4. The number of hydrogen-bond acceptors (Lipinski definition) is 7. The summed E-state index contributed by atoms with van der Waals surface area (Å²) in [6.45, 7) is 1.56. The number of nitrogens with two attached hydrogens (primary N) is 1. The Morgan fingerprint density at radius 1 is 1.19 bits per heavy atom. The zero-order valence-electron chi connectivity index (χ0n) is 17.4. The number of fused-ring (bicyclic) bond motifs is 1. The number of nitrogen functional groups attached to an aromatic ring is 1. The van der Waals surface area contributed by atoms with Crippen molar-refractivity contribution in [2.45, 2.75) is 12.5 Å². The third kappa shape index (κ3) is 3.79. The van der Waals surface area contributed by atoms with Crippen LogP contribution in [0, 0.1) is 0 Å². The van der Waals surface area contributed by atoms with Gasteiger partial charge in [0.25, 0.3) is 0 Å². The second-order valence-corrected chi connectivity index (χ2v) is 8.30. The number of hydrogen-bond donors (Lipinski definition) is 2. The molecule has 1 atom stereocenters. The largest absolute Gasteiger partial charge is 0.456 e. The number of anilines is 1. The highest BCUT2D eigenvalue weighted by molar-refractivity contribution is 6.35. The maximum Gasteiger partial charge on any atom is 0.361 e. The summed E-state index contributed by atoms with van der Waals surface area (Å²) in [5.74, 6) is -0.550. The first-order chi connectivity index (χ1) is 15.5. The predicted octanol–water partition coefficient (Wildman–Crippen LogP) is 3.78. The van der Waals surface area contributed by atoms with Crippen LogP contribution < -0.4 is 5.73 Å². The van der Waals surface area contributed by atoms with Crippen LogP contribution in [-0.2, 0) is 4.74 Å². The molecule has 1 fully saturated rings. The Kier molecular flexibility index (Phi) is 5.24. The monoisotopic (exact) mass is 448 g/mol. The van der Waals surface area contributed by atoms with E-state index in [1.165, 1.54) is 0 Å². The molecule has 8 nitrogen and oxygen atoms in total. The first kappa shape index (κ1) is 20.4. The molecule has 0 bridgehead atoms. The normalized spacial score (nSPS) is 16.5. The van der Waals surface area contributed by atoms with Crippen molar-refractivity contribution in [1.82, 2.24) is 25.1 Å². The summed E-state index contributed by atoms with van der Waals surface area (Å²) in [5, 5.41) is 8.25. The Morgan fingerprint density at radius 3 is 2.72 bits per heavy atom. The van der Waals surface area contributed by atoms with Gasteiger partial charge in [0.2, 0.25) is 0 Å². The van der Waals surface area contributed by atoms with Gasteiger partial charge < -0.3 is 15.4 Å². The Bertz CT molecular complexity index is 1310. The minimum absolute atomic E-state index is 0.00218. The van der Waals surface area contributed by atoms with Gasteiger partial charge in [-0.2, -0.15) is 5.10 Å². The van der Waals surface area contributed by atoms with Gasteiger partial charge in [0.05, 0.1) is 28.1 Å². The van der Waals surface area contributed by atoms with E-state index in [2.05, 4.69) is 25.1 Å². The molecule has 0 spiro atoms. The third-order valence-electron chi connectivity index (χ3n) is 5.56. The molecule has 0 saturated carbocycles. The van der Waals surface area contributed by atoms with Gasteiger partial charge in [-0.15, -0.1) is 0 Å². The number of aromatic amines is 1. The van der Waals surface area contributed by atoms with Gasteiger partial charge in [-0.05, 0) is 25.6 Å². The van der Waals surface area contributed by atoms with Crippen molar-refractivity contribution < 1.29 is 9.53 Å². The third-order valence-corrected chi connectivity index (χ3v) is 5.86. The van der Waals surface area contributed by atoms with Crippen LogP contribution in [0.5, 0.6) is 0 Å². The Hall–Kier alpha value is -3.49. The van der Waals surface area contributed by atoms with Crippen molar-refractivity contribution >= 4 is 34.3 Å². The van der Waals surface area contributed by atoms with Crippen LogP contribution in [-0.4, -0.2) is 57.3 Å². The van der Waals surface area contributed by atoms with E-state index in [0.29, 0.717) is 28.5 Å². The van der Waals surface area contributed by atoms with Crippen molar-refractivity contribution in [1.29, 1.82) is 0 Å². The molecular formula is C23H21ClN6O2. The summed E-state index contributed by atoms with van der Waals surface area (Å²) in [4.78, 5) is 24.3. The van der Waals surface area contributed by atoms with E-state index in [9.17, 15) is 4.79 Å². The Morgan fingerprint density at radius 2 is 1.97 bits per heavy atom. The highest BCUT2D eigenvalue weighted by atomic mass is 35.5. The molecule has 0 amide bonds. The van der Waals surface area contributed by atoms with Gasteiger partial charge in [0.1, 0.15) is 6.10 Å². The fraction of sp³-hybridized carbons (Fsp3) is 0.217. The quantitative estimate of drug-likeness (QED) is 0.457. The minimum Gasteiger partial charge on any atom is -0.456 e. The van der Waals surface area contributed by atoms with E-state index in [1.54, 1.807) is 12.3 Å². The van der Waals surface area contributed by atoms with Crippen molar-refractivity contribution in [3.8, 4) is 22.5 Å². The fourth-order valence-corrected chi connectivity index (χ4v) is 4.21. The molecule has 2 aromatic carbocycles. The van der Waals surface area contributed by atoms with Crippen LogP contribution in [0.1, 0.15) is 16.9 Å². The summed E-state index contributed by atoms with van der Waals surface area (Å²) >= 11 is 6.47. The Balaban J connectivity index is 1.63. The topological polar surface area (TPSA) is 110 Å². The number of H-pyrrole nitrogens is 1. The highest BCUT2D eigenvalue weighted by Crippen LogP contribution is 2.35. The number of likely N-dealkylation sites (N-methyl/N-ethyl adjacent to an activating group) is 1. The smallest absolute Gasteiger partial charge is 0.361 e. The lowest BCUT2D eigenvalue weighted by Crippen LogP contribution is -2.23. The number of ether oxygens (including phenoxy) is 1. The van der Waals surface area contributed by atoms with E-state index < -0.39 is 5.97 Å². The van der Waals surface area contributed by atoms with Crippen molar-refractivity contribution in [3.63, 3.8) is 0 Å². The van der Waals surface area contributed by atoms with Crippen LogP contribution in [0.3, 0.4) is 0 Å². The number of carbonyl (C=O) groups is 1. The predicted molar refractivity (Wildman–Crippen MR) is 123 cm³/mol. The van der Waals surface area contributed by atoms with E-state index >= 15 is 0 Å². The van der Waals surface area contributed by atoms with Crippen LogP contribution >= 0.6 is 11.6 Å². The number of nitrogens with one attached hydrogen (secondary N) is 1. The molecule has 3 heterocycles. The Labute approximate surface area is 189 Å². The van der Waals surface area contributed by atoms with E-state index in [4.69, 9.17) is 22.1 Å². The average Bonchev–Trinajstić information content (AvgIpc) is 3.43. The summed E-state index contributed by atoms with van der Waals surface area (Å²) in [6.07, 6.45) is 2.27. The first-order valence-corrected chi connectivity index (χ1v) is 10.6. The molecule has 162 valence electrons. The highest BCUT2D eigenvalue weighted by Gasteiger charge is 2.27. The molecule has 3 N–H and O–H groups in total. The maximum atomic E-state index is 12.9. The zero-order chi connectivity index (χ0) is 22.2. The molecule has 5 rings (SSSR count). The van der Waals surface area contributed by atoms with E-state index in [-0.39, 0.29) is 17.6 Å². The van der Waals surface area contributed by atoms with Gasteiger partial charge in [-0.25, -0.2) is 14.8 Å².